The second-order valence-corrected chi connectivity index (χ2v) is 6.32. The lowest BCUT2D eigenvalue weighted by Gasteiger charge is -2.21. The van der Waals surface area contributed by atoms with Crippen LogP contribution in [-0.4, -0.2) is 29.9 Å². The number of hydrogen-bond acceptors (Lipinski definition) is 3. The van der Waals surface area contributed by atoms with Crippen molar-refractivity contribution in [3.63, 3.8) is 0 Å². The Kier molecular flexibility index (Phi) is 6.31. The first kappa shape index (κ1) is 16.0. The van der Waals surface area contributed by atoms with Crippen molar-refractivity contribution in [3.8, 4) is 0 Å². The number of benzene rings is 1. The van der Waals surface area contributed by atoms with Gasteiger partial charge in [-0.3, -0.25) is 4.79 Å². The lowest BCUT2D eigenvalue weighted by molar-refractivity contribution is -0.121. The summed E-state index contributed by atoms with van der Waals surface area (Å²) in [5.41, 5.74) is -0.292. The van der Waals surface area contributed by atoms with Crippen LogP contribution in [0.3, 0.4) is 0 Å². The molecule has 0 unspecified atom stereocenters. The number of nitrogens with one attached hydrogen (secondary N) is 1. The van der Waals surface area contributed by atoms with Crippen molar-refractivity contribution in [1.29, 1.82) is 0 Å². The Morgan fingerprint density at radius 2 is 2.00 bits per heavy atom. The Labute approximate surface area is 117 Å². The molecule has 1 aromatic carbocycles. The van der Waals surface area contributed by atoms with Gasteiger partial charge in [0.25, 0.3) is 0 Å². The molecule has 1 rings (SSSR count). The molecule has 0 saturated heterocycles. The summed E-state index contributed by atoms with van der Waals surface area (Å²) in [5, 5.41) is 11.9. The molecule has 19 heavy (non-hydrogen) atoms. The van der Waals surface area contributed by atoms with Gasteiger partial charge in [-0.2, -0.15) is 0 Å². The van der Waals surface area contributed by atoms with E-state index >= 15 is 0 Å². The van der Waals surface area contributed by atoms with Crippen LogP contribution in [0.5, 0.6) is 0 Å². The predicted molar refractivity (Wildman–Crippen MR) is 75.6 cm³/mol. The summed E-state index contributed by atoms with van der Waals surface area (Å²) in [6.07, 6.45) is 0.406. The normalized spacial score (nSPS) is 11.4. The highest BCUT2D eigenvalue weighted by Crippen LogP contribution is 2.18. The first-order valence-corrected chi connectivity index (χ1v) is 7.17. The molecule has 1 aromatic rings. The summed E-state index contributed by atoms with van der Waals surface area (Å²) in [4.78, 5) is 12.5. The third kappa shape index (κ3) is 6.59. The number of carbonyl (C=O) groups excluding carboxylic acids is 1. The standard InChI is InChI=1S/C14H20FNO2S/c1-14(2,10-17)9-16-13(18)7-8-19-12-5-3-11(15)4-6-12/h3-6,17H,7-10H2,1-2H3,(H,16,18). The average molecular weight is 285 g/mol. The fourth-order valence-electron chi connectivity index (χ4n) is 1.27. The van der Waals surface area contributed by atoms with Crippen molar-refractivity contribution in [1.82, 2.24) is 5.32 Å². The van der Waals surface area contributed by atoms with Gasteiger partial charge in [-0.1, -0.05) is 13.8 Å². The van der Waals surface area contributed by atoms with Gasteiger partial charge < -0.3 is 10.4 Å². The van der Waals surface area contributed by atoms with Gasteiger partial charge in [-0.05, 0) is 24.3 Å². The van der Waals surface area contributed by atoms with E-state index in [0.717, 1.165) is 4.90 Å². The highest BCUT2D eigenvalue weighted by Gasteiger charge is 2.17. The van der Waals surface area contributed by atoms with E-state index in [0.29, 0.717) is 18.7 Å². The van der Waals surface area contributed by atoms with Crippen molar-refractivity contribution >= 4 is 17.7 Å². The van der Waals surface area contributed by atoms with Gasteiger partial charge in [0.2, 0.25) is 5.91 Å². The molecule has 5 heteroatoms. The summed E-state index contributed by atoms with van der Waals surface area (Å²) >= 11 is 1.52. The summed E-state index contributed by atoms with van der Waals surface area (Å²) in [6.45, 7) is 4.28. The van der Waals surface area contributed by atoms with Crippen LogP contribution in [0.15, 0.2) is 29.2 Å². The molecule has 0 bridgehead atoms. The maximum atomic E-state index is 12.7. The number of aliphatic hydroxyl groups is 1. The Balaban J connectivity index is 2.22. The van der Waals surface area contributed by atoms with Crippen molar-refractivity contribution in [3.05, 3.63) is 30.1 Å². The minimum atomic E-state index is -0.292. The summed E-state index contributed by atoms with van der Waals surface area (Å²) in [5.74, 6) is 0.362. The molecule has 0 atom stereocenters. The molecule has 0 radical (unpaired) electrons. The van der Waals surface area contributed by atoms with Gasteiger partial charge >= 0.3 is 0 Å². The number of amides is 1. The number of carbonyl (C=O) groups is 1. The first-order valence-electron chi connectivity index (χ1n) is 6.19. The van der Waals surface area contributed by atoms with Crippen molar-refractivity contribution in [2.45, 2.75) is 25.2 Å². The fraction of sp³-hybridized carbons (Fsp3) is 0.500. The Bertz CT molecular complexity index is 406. The maximum absolute atomic E-state index is 12.7. The molecule has 106 valence electrons. The SMILES string of the molecule is CC(C)(CO)CNC(=O)CCSc1ccc(F)cc1. The molecule has 0 heterocycles. The number of aliphatic hydroxyl groups excluding tert-OH is 1. The molecule has 1 amide bonds. The van der Waals surface area contributed by atoms with Crippen LogP contribution in [0, 0.1) is 11.2 Å². The van der Waals surface area contributed by atoms with Gasteiger partial charge in [0.15, 0.2) is 0 Å². The average Bonchev–Trinajstić information content (AvgIpc) is 2.39. The van der Waals surface area contributed by atoms with E-state index < -0.39 is 0 Å². The van der Waals surface area contributed by atoms with E-state index in [2.05, 4.69) is 5.32 Å². The van der Waals surface area contributed by atoms with Crippen LogP contribution in [0.2, 0.25) is 0 Å². The van der Waals surface area contributed by atoms with Gasteiger partial charge in [0.1, 0.15) is 5.82 Å². The van der Waals surface area contributed by atoms with Gasteiger partial charge in [0.05, 0.1) is 0 Å². The molecular weight excluding hydrogens is 265 g/mol. The Hall–Kier alpha value is -1.07. The zero-order chi connectivity index (χ0) is 14.3. The lowest BCUT2D eigenvalue weighted by Crippen LogP contribution is -2.36. The van der Waals surface area contributed by atoms with Crippen molar-refractivity contribution in [2.75, 3.05) is 18.9 Å². The van der Waals surface area contributed by atoms with Crippen LogP contribution in [0.4, 0.5) is 4.39 Å². The lowest BCUT2D eigenvalue weighted by atomic mass is 9.95. The molecule has 2 N–H and O–H groups in total. The Morgan fingerprint density at radius 3 is 2.58 bits per heavy atom. The predicted octanol–water partition coefficient (Wildman–Crippen LogP) is 2.44. The highest BCUT2D eigenvalue weighted by molar-refractivity contribution is 7.99. The van der Waals surface area contributed by atoms with Crippen LogP contribution >= 0.6 is 11.8 Å². The monoisotopic (exact) mass is 285 g/mol. The molecular formula is C14H20FNO2S. The van der Waals surface area contributed by atoms with E-state index in [1.165, 1.54) is 23.9 Å². The third-order valence-corrected chi connectivity index (χ3v) is 3.62. The largest absolute Gasteiger partial charge is 0.396 e. The number of halogens is 1. The quantitative estimate of drug-likeness (QED) is 0.757. The van der Waals surface area contributed by atoms with E-state index in [4.69, 9.17) is 5.11 Å². The van der Waals surface area contributed by atoms with Crippen molar-refractivity contribution in [2.24, 2.45) is 5.41 Å². The minimum Gasteiger partial charge on any atom is -0.396 e. The van der Waals surface area contributed by atoms with E-state index in [-0.39, 0.29) is 23.7 Å². The smallest absolute Gasteiger partial charge is 0.220 e. The van der Waals surface area contributed by atoms with Crippen molar-refractivity contribution < 1.29 is 14.3 Å². The molecule has 0 spiro atoms. The van der Waals surface area contributed by atoms with Crippen LogP contribution in [0.1, 0.15) is 20.3 Å². The molecule has 0 saturated carbocycles. The molecule has 0 aliphatic rings. The molecule has 0 aliphatic heterocycles. The van der Waals surface area contributed by atoms with E-state index in [9.17, 15) is 9.18 Å². The first-order chi connectivity index (χ1) is 8.93. The zero-order valence-electron chi connectivity index (χ0n) is 11.3. The van der Waals surface area contributed by atoms with E-state index in [1.54, 1.807) is 12.1 Å². The van der Waals surface area contributed by atoms with Crippen LogP contribution in [0.25, 0.3) is 0 Å². The fourth-order valence-corrected chi connectivity index (χ4v) is 2.13. The number of thioether (sulfide) groups is 1. The summed E-state index contributed by atoms with van der Waals surface area (Å²) in [7, 11) is 0. The van der Waals surface area contributed by atoms with Gasteiger partial charge in [-0.25, -0.2) is 4.39 Å². The topological polar surface area (TPSA) is 49.3 Å². The third-order valence-electron chi connectivity index (χ3n) is 2.60. The number of rotatable bonds is 7. The number of hydrogen-bond donors (Lipinski definition) is 2. The maximum Gasteiger partial charge on any atom is 0.220 e. The molecule has 0 fully saturated rings. The second kappa shape index (κ2) is 7.50. The zero-order valence-corrected chi connectivity index (χ0v) is 12.1. The summed E-state index contributed by atoms with van der Waals surface area (Å²) in [6, 6.07) is 6.22. The van der Waals surface area contributed by atoms with Crippen LogP contribution < -0.4 is 5.32 Å². The molecule has 0 aromatic heterocycles. The summed E-state index contributed by atoms with van der Waals surface area (Å²) < 4.78 is 12.7. The van der Waals surface area contributed by atoms with Gasteiger partial charge in [0, 0.05) is 35.6 Å². The molecule has 0 aliphatic carbocycles. The van der Waals surface area contributed by atoms with Crippen LogP contribution in [-0.2, 0) is 4.79 Å². The molecule has 3 nitrogen and oxygen atoms in total. The highest BCUT2D eigenvalue weighted by atomic mass is 32.2. The van der Waals surface area contributed by atoms with E-state index in [1.807, 2.05) is 13.8 Å². The minimum absolute atomic E-state index is 0.0314. The Morgan fingerprint density at radius 1 is 1.37 bits per heavy atom. The van der Waals surface area contributed by atoms with Gasteiger partial charge in [-0.15, -0.1) is 11.8 Å². The second-order valence-electron chi connectivity index (χ2n) is 5.15.